The van der Waals surface area contributed by atoms with Gasteiger partial charge in [0.05, 0.1) is 5.92 Å². The standard InChI is InChI=1S/C10H14BrN3OS/c1-6-2-3-7(9(12)15)4-14(6)10-13-8(11)5-16-10/h5-7H,2-4H2,1H3,(H2,12,15). The maximum absolute atomic E-state index is 11.2. The molecule has 1 aliphatic rings. The predicted octanol–water partition coefficient (Wildman–Crippen LogP) is 2.00. The monoisotopic (exact) mass is 303 g/mol. The summed E-state index contributed by atoms with van der Waals surface area (Å²) < 4.78 is 0.848. The van der Waals surface area contributed by atoms with Gasteiger partial charge < -0.3 is 10.6 Å². The average molecular weight is 304 g/mol. The number of thiazole rings is 1. The molecule has 6 heteroatoms. The van der Waals surface area contributed by atoms with E-state index >= 15 is 0 Å². The van der Waals surface area contributed by atoms with E-state index in [9.17, 15) is 4.79 Å². The van der Waals surface area contributed by atoms with Crippen LogP contribution in [0, 0.1) is 5.92 Å². The molecule has 1 aromatic rings. The van der Waals surface area contributed by atoms with Crippen molar-refractivity contribution in [2.75, 3.05) is 11.4 Å². The number of hydrogen-bond acceptors (Lipinski definition) is 4. The highest BCUT2D eigenvalue weighted by atomic mass is 79.9. The smallest absolute Gasteiger partial charge is 0.222 e. The molecule has 1 saturated heterocycles. The fourth-order valence-corrected chi connectivity index (χ4v) is 3.35. The van der Waals surface area contributed by atoms with Crippen LogP contribution in [0.1, 0.15) is 19.8 Å². The van der Waals surface area contributed by atoms with Gasteiger partial charge in [0.2, 0.25) is 5.91 Å². The molecular formula is C10H14BrN3OS. The Kier molecular flexibility index (Phi) is 3.49. The van der Waals surface area contributed by atoms with E-state index in [2.05, 4.69) is 32.7 Å². The van der Waals surface area contributed by atoms with E-state index in [0.717, 1.165) is 22.6 Å². The maximum Gasteiger partial charge on any atom is 0.222 e. The maximum atomic E-state index is 11.2. The van der Waals surface area contributed by atoms with Gasteiger partial charge in [0, 0.05) is 18.0 Å². The predicted molar refractivity (Wildman–Crippen MR) is 68.5 cm³/mol. The van der Waals surface area contributed by atoms with Gasteiger partial charge in [-0.3, -0.25) is 4.79 Å². The van der Waals surface area contributed by atoms with Crippen LogP contribution in [0.15, 0.2) is 9.98 Å². The van der Waals surface area contributed by atoms with Crippen LogP contribution in [0.25, 0.3) is 0 Å². The van der Waals surface area contributed by atoms with Crippen LogP contribution < -0.4 is 10.6 Å². The highest BCUT2D eigenvalue weighted by molar-refractivity contribution is 9.10. The van der Waals surface area contributed by atoms with Gasteiger partial charge in [-0.1, -0.05) is 0 Å². The molecule has 4 nitrogen and oxygen atoms in total. The Hall–Kier alpha value is -0.620. The molecule has 2 rings (SSSR count). The van der Waals surface area contributed by atoms with Crippen molar-refractivity contribution in [1.82, 2.24) is 4.98 Å². The quantitative estimate of drug-likeness (QED) is 0.909. The van der Waals surface area contributed by atoms with Crippen LogP contribution in [0.5, 0.6) is 0 Å². The van der Waals surface area contributed by atoms with Crippen LogP contribution in [-0.4, -0.2) is 23.5 Å². The lowest BCUT2D eigenvalue weighted by Gasteiger charge is -2.36. The number of hydrogen-bond donors (Lipinski definition) is 1. The number of primary amides is 1. The molecule has 1 fully saturated rings. The first kappa shape index (κ1) is 11.9. The van der Waals surface area contributed by atoms with Crippen molar-refractivity contribution in [1.29, 1.82) is 0 Å². The molecule has 0 aliphatic carbocycles. The van der Waals surface area contributed by atoms with Crippen molar-refractivity contribution in [2.24, 2.45) is 11.7 Å². The number of nitrogens with two attached hydrogens (primary N) is 1. The van der Waals surface area contributed by atoms with Gasteiger partial charge >= 0.3 is 0 Å². The molecule has 1 aromatic heterocycles. The van der Waals surface area contributed by atoms with Crippen molar-refractivity contribution in [3.63, 3.8) is 0 Å². The Morgan fingerprint density at radius 1 is 1.69 bits per heavy atom. The molecular weight excluding hydrogens is 290 g/mol. The fourth-order valence-electron chi connectivity index (χ4n) is 1.98. The van der Waals surface area contributed by atoms with Crippen LogP contribution >= 0.6 is 27.3 Å². The third-order valence-electron chi connectivity index (χ3n) is 2.99. The van der Waals surface area contributed by atoms with Gasteiger partial charge in [-0.15, -0.1) is 11.3 Å². The van der Waals surface area contributed by atoms with Gasteiger partial charge in [0.1, 0.15) is 4.60 Å². The van der Waals surface area contributed by atoms with Gasteiger partial charge in [-0.2, -0.15) is 0 Å². The minimum Gasteiger partial charge on any atom is -0.369 e. The Balaban J connectivity index is 2.15. The molecule has 1 amide bonds. The topological polar surface area (TPSA) is 59.2 Å². The normalized spacial score (nSPS) is 25.8. The Morgan fingerprint density at radius 3 is 3.00 bits per heavy atom. The van der Waals surface area contributed by atoms with E-state index in [4.69, 9.17) is 5.73 Å². The molecule has 0 saturated carbocycles. The molecule has 0 spiro atoms. The lowest BCUT2D eigenvalue weighted by molar-refractivity contribution is -0.122. The Morgan fingerprint density at radius 2 is 2.44 bits per heavy atom. The molecule has 1 aliphatic heterocycles. The van der Waals surface area contributed by atoms with E-state index in [1.54, 1.807) is 11.3 Å². The summed E-state index contributed by atoms with van der Waals surface area (Å²) >= 11 is 4.93. The first-order valence-electron chi connectivity index (χ1n) is 5.25. The van der Waals surface area contributed by atoms with Crippen LogP contribution in [0.4, 0.5) is 5.13 Å². The summed E-state index contributed by atoms with van der Waals surface area (Å²) in [6.45, 7) is 2.85. The summed E-state index contributed by atoms with van der Waals surface area (Å²) in [6, 6.07) is 0.425. The molecule has 88 valence electrons. The number of anilines is 1. The van der Waals surface area contributed by atoms with E-state index in [0.29, 0.717) is 12.6 Å². The molecule has 0 bridgehead atoms. The number of carbonyl (C=O) groups is 1. The molecule has 16 heavy (non-hydrogen) atoms. The average Bonchev–Trinajstić information content (AvgIpc) is 2.65. The molecule has 2 unspecified atom stereocenters. The summed E-state index contributed by atoms with van der Waals surface area (Å²) in [6.07, 6.45) is 1.88. The third-order valence-corrected chi connectivity index (χ3v) is 4.58. The largest absolute Gasteiger partial charge is 0.369 e. The highest BCUT2D eigenvalue weighted by Gasteiger charge is 2.30. The van der Waals surface area contributed by atoms with E-state index < -0.39 is 0 Å². The number of aromatic nitrogens is 1. The number of amides is 1. The second-order valence-electron chi connectivity index (χ2n) is 4.13. The van der Waals surface area contributed by atoms with Gasteiger partial charge in [0.25, 0.3) is 0 Å². The van der Waals surface area contributed by atoms with Crippen LogP contribution in [-0.2, 0) is 4.79 Å². The second kappa shape index (κ2) is 4.71. The van der Waals surface area contributed by atoms with Crippen molar-refractivity contribution >= 4 is 38.3 Å². The summed E-state index contributed by atoms with van der Waals surface area (Å²) in [7, 11) is 0. The van der Waals surface area contributed by atoms with E-state index in [1.807, 2.05) is 5.38 Å². The van der Waals surface area contributed by atoms with E-state index in [1.165, 1.54) is 0 Å². The summed E-state index contributed by atoms with van der Waals surface area (Å²) in [4.78, 5) is 17.8. The van der Waals surface area contributed by atoms with Crippen molar-refractivity contribution < 1.29 is 4.79 Å². The zero-order valence-electron chi connectivity index (χ0n) is 9.02. The van der Waals surface area contributed by atoms with Crippen molar-refractivity contribution in [3.05, 3.63) is 9.98 Å². The zero-order chi connectivity index (χ0) is 11.7. The third kappa shape index (κ3) is 2.38. The summed E-state index contributed by atoms with van der Waals surface area (Å²) in [5, 5.41) is 2.92. The van der Waals surface area contributed by atoms with Crippen LogP contribution in [0.3, 0.4) is 0 Å². The molecule has 2 N–H and O–H groups in total. The number of carbonyl (C=O) groups excluding carboxylic acids is 1. The minimum atomic E-state index is -0.201. The molecule has 0 aromatic carbocycles. The van der Waals surface area contributed by atoms with Gasteiger partial charge in [0.15, 0.2) is 5.13 Å². The van der Waals surface area contributed by atoms with Crippen molar-refractivity contribution in [2.45, 2.75) is 25.8 Å². The van der Waals surface area contributed by atoms with Crippen LogP contribution in [0.2, 0.25) is 0 Å². The molecule has 2 heterocycles. The first-order chi connectivity index (χ1) is 7.58. The zero-order valence-corrected chi connectivity index (χ0v) is 11.4. The number of halogens is 1. The number of piperidine rings is 1. The van der Waals surface area contributed by atoms with Gasteiger partial charge in [-0.25, -0.2) is 4.98 Å². The fraction of sp³-hybridized carbons (Fsp3) is 0.600. The highest BCUT2D eigenvalue weighted by Crippen LogP contribution is 2.31. The number of rotatable bonds is 2. The lowest BCUT2D eigenvalue weighted by Crippen LogP contribution is -2.45. The lowest BCUT2D eigenvalue weighted by atomic mass is 9.93. The second-order valence-corrected chi connectivity index (χ2v) is 5.78. The van der Waals surface area contributed by atoms with Crippen molar-refractivity contribution in [3.8, 4) is 0 Å². The Bertz CT molecular complexity index is 395. The summed E-state index contributed by atoms with van der Waals surface area (Å²) in [5.41, 5.74) is 5.37. The van der Waals surface area contributed by atoms with E-state index in [-0.39, 0.29) is 11.8 Å². The molecule has 0 radical (unpaired) electrons. The molecule has 2 atom stereocenters. The summed E-state index contributed by atoms with van der Waals surface area (Å²) in [5.74, 6) is -0.244. The minimum absolute atomic E-state index is 0.0427. The van der Waals surface area contributed by atoms with Gasteiger partial charge in [-0.05, 0) is 35.7 Å². The Labute approximate surface area is 107 Å². The number of nitrogens with zero attached hydrogens (tertiary/aromatic N) is 2. The first-order valence-corrected chi connectivity index (χ1v) is 6.92. The SMILES string of the molecule is CC1CCC(C(N)=O)CN1c1nc(Br)cs1.